The van der Waals surface area contributed by atoms with E-state index in [0.29, 0.717) is 41.7 Å². The number of aromatic nitrogens is 5. The van der Waals surface area contributed by atoms with Gasteiger partial charge >= 0.3 is 0 Å². The molecule has 4 saturated heterocycles. The number of nitrogens with one attached hydrogen (secondary N) is 3. The summed E-state index contributed by atoms with van der Waals surface area (Å²) in [5.74, 6) is -0.934. The van der Waals surface area contributed by atoms with E-state index in [1.54, 1.807) is 35.3 Å². The van der Waals surface area contributed by atoms with Crippen molar-refractivity contribution in [3.8, 4) is 0 Å². The summed E-state index contributed by atoms with van der Waals surface area (Å²) in [5, 5.41) is 17.0. The van der Waals surface area contributed by atoms with Crippen molar-refractivity contribution in [2.45, 2.75) is 101 Å². The molecule has 3 aromatic heterocycles. The van der Waals surface area contributed by atoms with Crippen molar-refractivity contribution in [2.75, 3.05) is 54.9 Å². The summed E-state index contributed by atoms with van der Waals surface area (Å²) in [6.07, 6.45) is 11.1. The molecule has 0 radical (unpaired) electrons. The van der Waals surface area contributed by atoms with E-state index in [1.807, 2.05) is 6.07 Å². The number of ether oxygens (including phenoxy) is 1. The maximum atomic E-state index is 14.3. The minimum Gasteiger partial charge on any atom is -0.384 e. The quantitative estimate of drug-likeness (QED) is 0.175. The standard InChI is InChI=1S/C45H51F2N11O6/c46-39(47)38-33(50-41(60)31-18-49-56-15-12-35(51-40(31)56)55-20-29-16-28(55)22-64-29)21-57(53-38)27-6-4-26(5-7-27)19-54-23-45(24-54)13-10-25(11-14-45)17-48-32-3-1-2-30-37(32)44(63)58(43(30)62)34-8-9-36(59)52-42(34)61/h1-3,12,15,18,21,25-29,34,39,48H,4-11,13-14,16-17,19-20,22-24H2,(H,50,60)(H,52,59,61)/t26?,27?,28-,29-,34?/m1/s1. The molecule has 2 aliphatic carbocycles. The monoisotopic (exact) mass is 879 g/mol. The molecule has 3 atom stereocenters. The first-order valence-electron chi connectivity index (χ1n) is 22.7. The molecular formula is C45H51F2N11O6. The Hall–Kier alpha value is -5.82. The molecule has 5 amide bonds. The number of nitrogens with zero attached hydrogens (tertiary/aromatic N) is 8. The van der Waals surface area contributed by atoms with Crippen LogP contribution in [0.3, 0.4) is 0 Å². The molecule has 19 heteroatoms. The number of benzene rings is 1. The molecule has 64 heavy (non-hydrogen) atoms. The van der Waals surface area contributed by atoms with Gasteiger partial charge < -0.3 is 25.2 Å². The zero-order valence-electron chi connectivity index (χ0n) is 35.4. The van der Waals surface area contributed by atoms with Crippen LogP contribution in [0.4, 0.5) is 26.0 Å². The van der Waals surface area contributed by atoms with Crippen LogP contribution in [0.15, 0.2) is 42.9 Å². The van der Waals surface area contributed by atoms with E-state index in [9.17, 15) is 32.8 Å². The number of hydrogen-bond acceptors (Lipinski definition) is 12. The summed E-state index contributed by atoms with van der Waals surface area (Å²) in [6, 6.07) is 6.23. The minimum absolute atomic E-state index is 0.00320. The van der Waals surface area contributed by atoms with Gasteiger partial charge in [0.1, 0.15) is 17.4 Å². The van der Waals surface area contributed by atoms with E-state index in [4.69, 9.17) is 9.72 Å². The first kappa shape index (κ1) is 40.9. The smallest absolute Gasteiger partial charge is 0.284 e. The van der Waals surface area contributed by atoms with Crippen LogP contribution >= 0.6 is 0 Å². The molecule has 336 valence electrons. The van der Waals surface area contributed by atoms with Crippen molar-refractivity contribution >= 4 is 52.4 Å². The summed E-state index contributed by atoms with van der Waals surface area (Å²) in [7, 11) is 0. The van der Waals surface area contributed by atoms with Gasteiger partial charge in [-0.15, -0.1) is 0 Å². The Morgan fingerprint density at radius 2 is 1.77 bits per heavy atom. The van der Waals surface area contributed by atoms with Crippen molar-refractivity contribution in [2.24, 2.45) is 17.3 Å². The molecule has 1 aromatic carbocycles. The molecule has 1 unspecified atom stereocenters. The third-order valence-corrected chi connectivity index (χ3v) is 15.0. The van der Waals surface area contributed by atoms with Crippen LogP contribution in [-0.4, -0.2) is 121 Å². The number of amides is 5. The third-order valence-electron chi connectivity index (χ3n) is 15.0. The predicted octanol–water partition coefficient (Wildman–Crippen LogP) is 4.83. The molecule has 3 N–H and O–H groups in total. The number of likely N-dealkylation sites (tertiary alicyclic amines) is 1. The summed E-state index contributed by atoms with van der Waals surface area (Å²) in [6.45, 7) is 5.22. The first-order valence-corrected chi connectivity index (χ1v) is 22.7. The number of hydrogen-bond donors (Lipinski definition) is 3. The van der Waals surface area contributed by atoms with Crippen LogP contribution in [0.1, 0.15) is 120 Å². The largest absolute Gasteiger partial charge is 0.384 e. The molecule has 8 heterocycles. The van der Waals surface area contributed by atoms with E-state index in [-0.39, 0.29) is 53.4 Å². The molecule has 2 saturated carbocycles. The number of fused-ring (bicyclic) bond motifs is 4. The maximum absolute atomic E-state index is 14.3. The molecule has 7 aliphatic rings. The third kappa shape index (κ3) is 7.29. The minimum atomic E-state index is -2.86. The number of piperidine rings is 1. The zero-order chi connectivity index (χ0) is 43.9. The highest BCUT2D eigenvalue weighted by molar-refractivity contribution is 6.25. The average molecular weight is 880 g/mol. The number of morpholine rings is 1. The summed E-state index contributed by atoms with van der Waals surface area (Å²) in [5.41, 5.74) is 1.57. The molecule has 6 fully saturated rings. The summed E-state index contributed by atoms with van der Waals surface area (Å²) >= 11 is 0. The van der Waals surface area contributed by atoms with E-state index >= 15 is 0 Å². The predicted molar refractivity (Wildman–Crippen MR) is 227 cm³/mol. The van der Waals surface area contributed by atoms with Crippen LogP contribution in [0.25, 0.3) is 5.65 Å². The number of carbonyl (C=O) groups is 5. The highest BCUT2D eigenvalue weighted by Gasteiger charge is 2.47. The van der Waals surface area contributed by atoms with Gasteiger partial charge in [0.15, 0.2) is 11.3 Å². The van der Waals surface area contributed by atoms with E-state index in [1.165, 1.54) is 10.7 Å². The van der Waals surface area contributed by atoms with Gasteiger partial charge in [-0.25, -0.2) is 18.3 Å². The second-order valence-electron chi connectivity index (χ2n) is 19.1. The fraction of sp³-hybridized carbons (Fsp3) is 0.556. The lowest BCUT2D eigenvalue weighted by Crippen LogP contribution is -2.58. The van der Waals surface area contributed by atoms with Crippen LogP contribution < -0.4 is 20.9 Å². The van der Waals surface area contributed by atoms with Gasteiger partial charge in [-0.3, -0.25) is 38.9 Å². The molecule has 4 aromatic rings. The van der Waals surface area contributed by atoms with E-state index in [0.717, 1.165) is 94.7 Å². The van der Waals surface area contributed by atoms with Gasteiger partial charge in [0.05, 0.1) is 47.8 Å². The van der Waals surface area contributed by atoms with Crippen molar-refractivity contribution in [3.63, 3.8) is 0 Å². The van der Waals surface area contributed by atoms with Gasteiger partial charge in [-0.1, -0.05) is 6.07 Å². The number of carbonyl (C=O) groups excluding carboxylic acids is 5. The highest BCUT2D eigenvalue weighted by Crippen LogP contribution is 2.47. The Morgan fingerprint density at radius 3 is 2.50 bits per heavy atom. The Kier molecular flexibility index (Phi) is 10.2. The number of imide groups is 2. The maximum Gasteiger partial charge on any atom is 0.284 e. The first-order chi connectivity index (χ1) is 31.0. The van der Waals surface area contributed by atoms with Crippen molar-refractivity contribution in [1.82, 2.24) is 39.5 Å². The second kappa shape index (κ2) is 16.0. The average Bonchev–Trinajstić information content (AvgIpc) is 4.13. The Labute approximate surface area is 367 Å². The topological polar surface area (TPSA) is 188 Å². The summed E-state index contributed by atoms with van der Waals surface area (Å²) < 4.78 is 37.5. The van der Waals surface area contributed by atoms with Gasteiger partial charge in [0.2, 0.25) is 11.8 Å². The molecular weight excluding hydrogens is 829 g/mol. The Balaban J connectivity index is 0.645. The fourth-order valence-corrected chi connectivity index (χ4v) is 11.6. The number of anilines is 3. The van der Waals surface area contributed by atoms with Crippen LogP contribution in [0.5, 0.6) is 0 Å². The molecule has 5 aliphatic heterocycles. The van der Waals surface area contributed by atoms with Crippen molar-refractivity contribution < 1.29 is 37.5 Å². The lowest BCUT2D eigenvalue weighted by molar-refractivity contribution is -0.136. The van der Waals surface area contributed by atoms with Gasteiger partial charge in [0, 0.05) is 57.2 Å². The zero-order valence-corrected chi connectivity index (χ0v) is 35.4. The second-order valence-corrected chi connectivity index (χ2v) is 19.1. The number of rotatable bonds is 11. The SMILES string of the molecule is O=C1CCC(N2C(=O)c3cccc(NCC4CCC5(CC4)CN(CC4CCC(n6cc(NC(=O)c7cnn8ccc(N9C[C@H]%10C[C@@H]9CO%10)nc78)c(C(F)F)n6)CC4)C5)c3C2=O)C(=O)N1. The van der Waals surface area contributed by atoms with Crippen LogP contribution in [0.2, 0.25) is 0 Å². The Morgan fingerprint density at radius 1 is 0.953 bits per heavy atom. The lowest BCUT2D eigenvalue weighted by atomic mass is 9.65. The molecule has 17 nitrogen and oxygen atoms in total. The van der Waals surface area contributed by atoms with Crippen molar-refractivity contribution in [1.29, 1.82) is 0 Å². The molecule has 1 spiro atoms. The molecule has 2 bridgehead atoms. The van der Waals surface area contributed by atoms with Crippen molar-refractivity contribution in [3.05, 3.63) is 65.2 Å². The van der Waals surface area contributed by atoms with Crippen LogP contribution in [-0.2, 0) is 14.3 Å². The lowest BCUT2D eigenvalue weighted by Gasteiger charge is -2.54. The number of halogens is 2. The Bertz CT molecular complexity index is 2540. The van der Waals surface area contributed by atoms with Gasteiger partial charge in [-0.05, 0) is 99.7 Å². The summed E-state index contributed by atoms with van der Waals surface area (Å²) in [4.78, 5) is 75.0. The van der Waals surface area contributed by atoms with E-state index in [2.05, 4.69) is 35.9 Å². The number of alkyl halides is 2. The van der Waals surface area contributed by atoms with Crippen LogP contribution in [0, 0.1) is 17.3 Å². The fourth-order valence-electron chi connectivity index (χ4n) is 11.6. The van der Waals surface area contributed by atoms with E-state index < -0.39 is 47.7 Å². The van der Waals surface area contributed by atoms with Gasteiger partial charge in [-0.2, -0.15) is 10.2 Å². The highest BCUT2D eigenvalue weighted by atomic mass is 19.3. The normalized spacial score (nSPS) is 26.9. The molecule has 11 rings (SSSR count). The van der Waals surface area contributed by atoms with Gasteiger partial charge in [0.25, 0.3) is 24.1 Å².